The summed E-state index contributed by atoms with van der Waals surface area (Å²) in [5, 5.41) is 18.1. The van der Waals surface area contributed by atoms with Crippen molar-refractivity contribution in [3.8, 4) is 6.07 Å². The van der Waals surface area contributed by atoms with Crippen molar-refractivity contribution >= 4 is 28.8 Å². The van der Waals surface area contributed by atoms with Crippen LogP contribution < -0.4 is 0 Å². The number of thioether (sulfide) groups is 1. The fourth-order valence-electron chi connectivity index (χ4n) is 1.54. The van der Waals surface area contributed by atoms with E-state index in [2.05, 4.69) is 4.98 Å². The van der Waals surface area contributed by atoms with E-state index in [1.165, 1.54) is 17.8 Å². The van der Waals surface area contributed by atoms with Gasteiger partial charge in [-0.25, -0.2) is 9.78 Å². The number of fused-ring (bicyclic) bond motifs is 1. The third-order valence-electron chi connectivity index (χ3n) is 2.35. The number of hydrogen-bond acceptors (Lipinski definition) is 4. The Morgan fingerprint density at radius 1 is 1.65 bits per heavy atom. The number of hydrogen-bond donors (Lipinski definition) is 1. The maximum absolute atomic E-state index is 10.8. The number of nitriles is 1. The number of rotatable bonds is 3. The third-order valence-corrected chi connectivity index (χ3v) is 3.25. The van der Waals surface area contributed by atoms with Gasteiger partial charge in [0.1, 0.15) is 0 Å². The van der Waals surface area contributed by atoms with Gasteiger partial charge in [0.05, 0.1) is 28.4 Å². The third kappa shape index (κ3) is 2.10. The summed E-state index contributed by atoms with van der Waals surface area (Å²) in [6.45, 7) is 0. The molecule has 1 aromatic heterocycles. The molecular formula is C11H9N3O2S. The van der Waals surface area contributed by atoms with Gasteiger partial charge in [-0.05, 0) is 18.2 Å². The Kier molecular flexibility index (Phi) is 3.02. The molecule has 0 amide bonds. The van der Waals surface area contributed by atoms with Crippen molar-refractivity contribution in [1.82, 2.24) is 9.55 Å². The molecule has 1 N–H and O–H groups in total. The number of carboxylic acid groups (broad SMARTS) is 1. The molecule has 0 atom stereocenters. The number of aromatic carboxylic acids is 1. The van der Waals surface area contributed by atoms with Crippen LogP contribution in [0.25, 0.3) is 11.0 Å². The molecule has 0 fully saturated rings. The second-order valence-electron chi connectivity index (χ2n) is 3.41. The number of aromatic nitrogens is 2. The number of nitrogens with zero attached hydrogens (tertiary/aromatic N) is 3. The second kappa shape index (κ2) is 4.47. The molecule has 86 valence electrons. The molecule has 2 rings (SSSR count). The van der Waals surface area contributed by atoms with Crippen molar-refractivity contribution in [3.63, 3.8) is 0 Å². The first kappa shape index (κ1) is 11.5. The predicted octanol–water partition coefficient (Wildman–Crippen LogP) is 1.89. The Hall–Kier alpha value is -2.00. The van der Waals surface area contributed by atoms with Crippen LogP contribution in [0.2, 0.25) is 0 Å². The van der Waals surface area contributed by atoms with Gasteiger partial charge in [0.15, 0.2) is 5.16 Å². The molecule has 0 aliphatic rings. The van der Waals surface area contributed by atoms with Gasteiger partial charge in [0.2, 0.25) is 0 Å². The van der Waals surface area contributed by atoms with E-state index in [0.29, 0.717) is 16.4 Å². The minimum Gasteiger partial charge on any atom is -0.478 e. The van der Waals surface area contributed by atoms with Gasteiger partial charge in [0.25, 0.3) is 0 Å². The molecule has 0 saturated heterocycles. The number of benzene rings is 1. The van der Waals surface area contributed by atoms with Crippen LogP contribution in [0.15, 0.2) is 23.4 Å². The zero-order valence-corrected chi connectivity index (χ0v) is 9.86. The summed E-state index contributed by atoms with van der Waals surface area (Å²) in [5.74, 6) is -0.646. The van der Waals surface area contributed by atoms with Crippen LogP contribution in [0.1, 0.15) is 10.4 Å². The first-order valence-electron chi connectivity index (χ1n) is 4.83. The van der Waals surface area contributed by atoms with Crippen LogP contribution >= 0.6 is 11.8 Å². The lowest BCUT2D eigenvalue weighted by Gasteiger charge is -1.98. The molecule has 6 heteroatoms. The van der Waals surface area contributed by atoms with Gasteiger partial charge in [-0.3, -0.25) is 0 Å². The molecule has 0 saturated carbocycles. The summed E-state index contributed by atoms with van der Waals surface area (Å²) in [5.41, 5.74) is 1.70. The van der Waals surface area contributed by atoms with Crippen molar-refractivity contribution in [2.45, 2.75) is 5.16 Å². The summed E-state index contributed by atoms with van der Waals surface area (Å²) in [6.07, 6.45) is 0. The van der Waals surface area contributed by atoms with Crippen LogP contribution in [0.4, 0.5) is 0 Å². The van der Waals surface area contributed by atoms with Crippen LogP contribution in [0.5, 0.6) is 0 Å². The number of aryl methyl sites for hydroxylation is 1. The van der Waals surface area contributed by atoms with Crippen molar-refractivity contribution in [2.24, 2.45) is 7.05 Å². The summed E-state index contributed by atoms with van der Waals surface area (Å²) < 4.78 is 1.85. The zero-order chi connectivity index (χ0) is 12.4. The van der Waals surface area contributed by atoms with E-state index in [4.69, 9.17) is 10.4 Å². The Morgan fingerprint density at radius 2 is 2.41 bits per heavy atom. The Balaban J connectivity index is 2.50. The lowest BCUT2D eigenvalue weighted by Crippen LogP contribution is -1.95. The van der Waals surface area contributed by atoms with Crippen molar-refractivity contribution in [3.05, 3.63) is 23.8 Å². The van der Waals surface area contributed by atoms with E-state index in [1.54, 1.807) is 12.1 Å². The number of carbonyl (C=O) groups is 1. The first-order valence-corrected chi connectivity index (χ1v) is 5.81. The largest absolute Gasteiger partial charge is 0.478 e. The van der Waals surface area contributed by atoms with Crippen molar-refractivity contribution in [2.75, 3.05) is 5.75 Å². The highest BCUT2D eigenvalue weighted by atomic mass is 32.2. The van der Waals surface area contributed by atoms with Crippen molar-refractivity contribution < 1.29 is 9.90 Å². The standard InChI is InChI=1S/C11H9N3O2S/c1-14-9-3-2-7(10(15)16)6-8(9)13-11(14)17-5-4-12/h2-3,6H,5H2,1H3,(H,15,16). The zero-order valence-electron chi connectivity index (χ0n) is 9.04. The highest BCUT2D eigenvalue weighted by molar-refractivity contribution is 7.99. The SMILES string of the molecule is Cn1c(SCC#N)nc2cc(C(=O)O)ccc21. The summed E-state index contributed by atoms with van der Waals surface area (Å²) in [7, 11) is 1.84. The average Bonchev–Trinajstić information content (AvgIpc) is 2.63. The number of carboxylic acids is 1. The smallest absolute Gasteiger partial charge is 0.335 e. The molecule has 0 radical (unpaired) electrons. The van der Waals surface area contributed by atoms with Crippen molar-refractivity contribution in [1.29, 1.82) is 5.26 Å². The van der Waals surface area contributed by atoms with E-state index in [1.807, 2.05) is 17.7 Å². The topological polar surface area (TPSA) is 78.9 Å². The van der Waals surface area contributed by atoms with E-state index in [-0.39, 0.29) is 5.56 Å². The molecule has 0 unspecified atom stereocenters. The molecule has 5 nitrogen and oxygen atoms in total. The monoisotopic (exact) mass is 247 g/mol. The molecule has 1 aromatic carbocycles. The lowest BCUT2D eigenvalue weighted by atomic mass is 10.2. The first-order chi connectivity index (χ1) is 8.13. The van der Waals surface area contributed by atoms with Gasteiger partial charge in [0, 0.05) is 7.05 Å². The van der Waals surface area contributed by atoms with Crippen LogP contribution in [-0.2, 0) is 7.05 Å². The van der Waals surface area contributed by atoms with Crippen LogP contribution in [0.3, 0.4) is 0 Å². The van der Waals surface area contributed by atoms with E-state index < -0.39 is 5.97 Å². The average molecular weight is 247 g/mol. The normalized spacial score (nSPS) is 10.4. The molecule has 0 aliphatic heterocycles. The van der Waals surface area contributed by atoms with Gasteiger partial charge < -0.3 is 9.67 Å². The minimum absolute atomic E-state index is 0.215. The number of imidazole rings is 1. The molecule has 2 aromatic rings. The van der Waals surface area contributed by atoms with E-state index in [9.17, 15) is 4.79 Å². The maximum atomic E-state index is 10.8. The van der Waals surface area contributed by atoms with E-state index >= 15 is 0 Å². The van der Waals surface area contributed by atoms with Gasteiger partial charge >= 0.3 is 5.97 Å². The fraction of sp³-hybridized carbons (Fsp3) is 0.182. The quantitative estimate of drug-likeness (QED) is 0.838. The molecule has 0 bridgehead atoms. The fourth-order valence-corrected chi connectivity index (χ4v) is 2.19. The Labute approximate surface area is 102 Å². The predicted molar refractivity (Wildman–Crippen MR) is 64.0 cm³/mol. The molecule has 17 heavy (non-hydrogen) atoms. The summed E-state index contributed by atoms with van der Waals surface area (Å²) in [6, 6.07) is 6.84. The summed E-state index contributed by atoms with van der Waals surface area (Å²) in [4.78, 5) is 15.1. The lowest BCUT2D eigenvalue weighted by molar-refractivity contribution is 0.0697. The molecule has 0 spiro atoms. The molecule has 0 aliphatic carbocycles. The second-order valence-corrected chi connectivity index (χ2v) is 4.35. The van der Waals surface area contributed by atoms with Gasteiger partial charge in [-0.15, -0.1) is 0 Å². The van der Waals surface area contributed by atoms with E-state index in [0.717, 1.165) is 5.52 Å². The highest BCUT2D eigenvalue weighted by Crippen LogP contribution is 2.23. The Bertz CT molecular complexity index is 627. The minimum atomic E-state index is -0.969. The van der Waals surface area contributed by atoms with Gasteiger partial charge in [-0.1, -0.05) is 11.8 Å². The molecule has 1 heterocycles. The van der Waals surface area contributed by atoms with Gasteiger partial charge in [-0.2, -0.15) is 5.26 Å². The maximum Gasteiger partial charge on any atom is 0.335 e. The Morgan fingerprint density at radius 3 is 3.06 bits per heavy atom. The van der Waals surface area contributed by atoms with Crippen LogP contribution in [0, 0.1) is 11.3 Å². The van der Waals surface area contributed by atoms with Crippen LogP contribution in [-0.4, -0.2) is 26.4 Å². The molecular weight excluding hydrogens is 238 g/mol. The summed E-state index contributed by atoms with van der Waals surface area (Å²) >= 11 is 1.33. The highest BCUT2D eigenvalue weighted by Gasteiger charge is 2.10.